The molecule has 0 radical (unpaired) electrons. The molecule has 0 aliphatic carbocycles. The minimum Gasteiger partial charge on any atom is -0.423 e. The molecule has 140 valence electrons. The predicted molar refractivity (Wildman–Crippen MR) is 97.3 cm³/mol. The summed E-state index contributed by atoms with van der Waals surface area (Å²) in [4.78, 5) is 38.5. The molecule has 0 bridgehead atoms. The molecule has 1 unspecified atom stereocenters. The number of carbonyl (C=O) groups is 3. The van der Waals surface area contributed by atoms with E-state index in [0.717, 1.165) is 10.5 Å². The van der Waals surface area contributed by atoms with Crippen LogP contribution in [-0.4, -0.2) is 39.4 Å². The van der Waals surface area contributed by atoms with E-state index < -0.39 is 30.3 Å². The summed E-state index contributed by atoms with van der Waals surface area (Å²) in [7, 11) is 0. The van der Waals surface area contributed by atoms with Crippen LogP contribution in [0.4, 0.5) is 0 Å². The fourth-order valence-corrected chi connectivity index (χ4v) is 3.09. The van der Waals surface area contributed by atoms with Gasteiger partial charge in [0.05, 0.1) is 11.1 Å². The normalized spacial score (nSPS) is 14.1. The molecular formula is C20H16N4O4. The SMILES string of the molecule is Cc1nnc(C(NC(=O)CN2C(=O)c3ccccc3C2=O)c2ccccc2)o1. The first-order valence-corrected chi connectivity index (χ1v) is 8.64. The number of imide groups is 1. The Kier molecular flexibility index (Phi) is 4.44. The molecule has 4 rings (SSSR count). The highest BCUT2D eigenvalue weighted by Gasteiger charge is 2.36. The molecule has 1 aromatic heterocycles. The Morgan fingerprint density at radius 3 is 2.18 bits per heavy atom. The van der Waals surface area contributed by atoms with Gasteiger partial charge < -0.3 is 9.73 Å². The van der Waals surface area contributed by atoms with Crippen molar-refractivity contribution in [2.24, 2.45) is 0 Å². The lowest BCUT2D eigenvalue weighted by Crippen LogP contribution is -2.41. The predicted octanol–water partition coefficient (Wildman–Crippen LogP) is 1.88. The van der Waals surface area contributed by atoms with Gasteiger partial charge in [-0.3, -0.25) is 19.3 Å². The highest BCUT2D eigenvalue weighted by molar-refractivity contribution is 6.22. The molecule has 8 nitrogen and oxygen atoms in total. The zero-order chi connectivity index (χ0) is 19.7. The van der Waals surface area contributed by atoms with Crippen molar-refractivity contribution in [3.05, 3.63) is 83.1 Å². The molecule has 3 aromatic rings. The average Bonchev–Trinajstić information content (AvgIpc) is 3.24. The van der Waals surface area contributed by atoms with Crippen LogP contribution in [0.3, 0.4) is 0 Å². The van der Waals surface area contributed by atoms with Crippen molar-refractivity contribution in [2.45, 2.75) is 13.0 Å². The van der Waals surface area contributed by atoms with E-state index in [1.54, 1.807) is 31.2 Å². The maximum absolute atomic E-state index is 12.7. The average molecular weight is 376 g/mol. The second-order valence-corrected chi connectivity index (χ2v) is 6.31. The van der Waals surface area contributed by atoms with Crippen molar-refractivity contribution in [3.8, 4) is 0 Å². The van der Waals surface area contributed by atoms with E-state index in [1.165, 1.54) is 0 Å². The number of nitrogens with one attached hydrogen (secondary N) is 1. The number of hydrogen-bond acceptors (Lipinski definition) is 6. The Morgan fingerprint density at radius 1 is 1.00 bits per heavy atom. The van der Waals surface area contributed by atoms with Crippen LogP contribution in [0.1, 0.15) is 44.1 Å². The Hall–Kier alpha value is -3.81. The lowest BCUT2D eigenvalue weighted by molar-refractivity contribution is -0.122. The van der Waals surface area contributed by atoms with Crippen molar-refractivity contribution in [2.75, 3.05) is 6.54 Å². The summed E-state index contributed by atoms with van der Waals surface area (Å²) in [5.74, 6) is -0.898. The van der Waals surface area contributed by atoms with E-state index in [1.807, 2.05) is 30.3 Å². The number of aryl methyl sites for hydroxylation is 1. The van der Waals surface area contributed by atoms with Crippen molar-refractivity contribution in [1.82, 2.24) is 20.4 Å². The number of aromatic nitrogens is 2. The molecule has 0 saturated carbocycles. The standard InChI is InChI=1S/C20H16N4O4/c1-12-22-23-18(28-12)17(13-7-3-2-4-8-13)21-16(25)11-24-19(26)14-9-5-6-10-15(14)20(24)27/h2-10,17H,11H2,1H3,(H,21,25). The summed E-state index contributed by atoms with van der Waals surface area (Å²) >= 11 is 0. The zero-order valence-corrected chi connectivity index (χ0v) is 15.0. The minimum atomic E-state index is -0.690. The summed E-state index contributed by atoms with van der Waals surface area (Å²) < 4.78 is 5.48. The molecule has 2 heterocycles. The lowest BCUT2D eigenvalue weighted by atomic mass is 10.1. The van der Waals surface area contributed by atoms with Gasteiger partial charge in [-0.1, -0.05) is 42.5 Å². The quantitative estimate of drug-likeness (QED) is 0.682. The molecule has 2 aromatic carbocycles. The Labute approximate surface area is 160 Å². The Bertz CT molecular complexity index is 1030. The molecule has 28 heavy (non-hydrogen) atoms. The third-order valence-corrected chi connectivity index (χ3v) is 4.41. The fraction of sp³-hybridized carbons (Fsp3) is 0.150. The highest BCUT2D eigenvalue weighted by Crippen LogP contribution is 2.23. The Balaban J connectivity index is 1.55. The highest BCUT2D eigenvalue weighted by atomic mass is 16.4. The monoisotopic (exact) mass is 376 g/mol. The summed E-state index contributed by atoms with van der Waals surface area (Å²) in [6.45, 7) is 1.25. The van der Waals surface area contributed by atoms with Gasteiger partial charge in [0.1, 0.15) is 12.6 Å². The second-order valence-electron chi connectivity index (χ2n) is 6.31. The number of amides is 3. The molecule has 0 spiro atoms. The van der Waals surface area contributed by atoms with Gasteiger partial charge in [-0.2, -0.15) is 0 Å². The first kappa shape index (κ1) is 17.6. The van der Waals surface area contributed by atoms with E-state index >= 15 is 0 Å². The Morgan fingerprint density at radius 2 is 1.61 bits per heavy atom. The minimum absolute atomic E-state index is 0.222. The van der Waals surface area contributed by atoms with Crippen LogP contribution in [0.2, 0.25) is 0 Å². The van der Waals surface area contributed by atoms with E-state index in [0.29, 0.717) is 17.0 Å². The van der Waals surface area contributed by atoms with Crippen LogP contribution in [-0.2, 0) is 4.79 Å². The molecular weight excluding hydrogens is 360 g/mol. The second kappa shape index (κ2) is 7.07. The molecule has 8 heteroatoms. The first-order chi connectivity index (χ1) is 13.5. The first-order valence-electron chi connectivity index (χ1n) is 8.64. The van der Waals surface area contributed by atoms with Crippen LogP contribution < -0.4 is 5.32 Å². The van der Waals surface area contributed by atoms with Crippen molar-refractivity contribution in [1.29, 1.82) is 0 Å². The molecule has 1 atom stereocenters. The number of nitrogens with zero attached hydrogens (tertiary/aromatic N) is 3. The van der Waals surface area contributed by atoms with E-state index in [-0.39, 0.29) is 5.89 Å². The van der Waals surface area contributed by atoms with Crippen molar-refractivity contribution >= 4 is 17.7 Å². The molecule has 1 aliphatic rings. The number of benzene rings is 2. The number of carbonyl (C=O) groups excluding carboxylic acids is 3. The van der Waals surface area contributed by atoms with Crippen LogP contribution in [0.5, 0.6) is 0 Å². The van der Waals surface area contributed by atoms with Gasteiger partial charge in [0.2, 0.25) is 17.7 Å². The summed E-state index contributed by atoms with van der Waals surface area (Å²) in [5, 5.41) is 10.6. The molecule has 0 fully saturated rings. The smallest absolute Gasteiger partial charge is 0.262 e. The van der Waals surface area contributed by atoms with Crippen molar-refractivity contribution < 1.29 is 18.8 Å². The molecule has 3 amide bonds. The van der Waals surface area contributed by atoms with Crippen molar-refractivity contribution in [3.63, 3.8) is 0 Å². The summed E-state index contributed by atoms with van der Waals surface area (Å²) in [6.07, 6.45) is 0. The van der Waals surface area contributed by atoms with Crippen LogP contribution in [0.15, 0.2) is 59.0 Å². The third-order valence-electron chi connectivity index (χ3n) is 4.41. The van der Waals surface area contributed by atoms with Gasteiger partial charge >= 0.3 is 0 Å². The van der Waals surface area contributed by atoms with Gasteiger partial charge in [0.15, 0.2) is 0 Å². The van der Waals surface area contributed by atoms with Crippen LogP contribution >= 0.6 is 0 Å². The van der Waals surface area contributed by atoms with Gasteiger partial charge in [0, 0.05) is 6.92 Å². The van der Waals surface area contributed by atoms with Gasteiger partial charge in [0.25, 0.3) is 11.8 Å². The number of fused-ring (bicyclic) bond motifs is 1. The summed E-state index contributed by atoms with van der Waals surface area (Å²) in [5.41, 5.74) is 1.33. The van der Waals surface area contributed by atoms with Crippen LogP contribution in [0.25, 0.3) is 0 Å². The van der Waals surface area contributed by atoms with Gasteiger partial charge in [-0.05, 0) is 17.7 Å². The number of rotatable bonds is 5. The van der Waals surface area contributed by atoms with E-state index in [4.69, 9.17) is 4.42 Å². The van der Waals surface area contributed by atoms with Gasteiger partial charge in [-0.25, -0.2) is 0 Å². The maximum atomic E-state index is 12.7. The number of hydrogen-bond donors (Lipinski definition) is 1. The van der Waals surface area contributed by atoms with E-state index in [2.05, 4.69) is 15.5 Å². The maximum Gasteiger partial charge on any atom is 0.262 e. The van der Waals surface area contributed by atoms with E-state index in [9.17, 15) is 14.4 Å². The topological polar surface area (TPSA) is 105 Å². The fourth-order valence-electron chi connectivity index (χ4n) is 3.09. The third kappa shape index (κ3) is 3.16. The zero-order valence-electron chi connectivity index (χ0n) is 15.0. The van der Waals surface area contributed by atoms with Gasteiger partial charge in [-0.15, -0.1) is 10.2 Å². The largest absolute Gasteiger partial charge is 0.423 e. The van der Waals surface area contributed by atoms with Crippen LogP contribution in [0, 0.1) is 6.92 Å². The molecule has 1 N–H and O–H groups in total. The summed E-state index contributed by atoms with van der Waals surface area (Å²) in [6, 6.07) is 14.9. The molecule has 0 saturated heterocycles. The molecule has 1 aliphatic heterocycles. The lowest BCUT2D eigenvalue weighted by Gasteiger charge is -2.18.